The lowest BCUT2D eigenvalue weighted by Crippen LogP contribution is -2.39. The van der Waals surface area contributed by atoms with E-state index in [1.54, 1.807) is 13.8 Å². The van der Waals surface area contributed by atoms with E-state index in [1.807, 2.05) is 0 Å². The Balaban J connectivity index is 2.79. The van der Waals surface area contributed by atoms with Crippen LogP contribution in [0.2, 0.25) is 0 Å². The Hall–Kier alpha value is -1.70. The van der Waals surface area contributed by atoms with Gasteiger partial charge in [0, 0.05) is 19.3 Å². The Kier molecular flexibility index (Phi) is 5.27. The van der Waals surface area contributed by atoms with Crippen LogP contribution in [0.25, 0.3) is 0 Å². The first-order valence-corrected chi connectivity index (χ1v) is 7.74. The van der Waals surface area contributed by atoms with Gasteiger partial charge < -0.3 is 10.6 Å². The number of carbonyl (C=O) groups is 1. The minimum absolute atomic E-state index is 0.146. The summed E-state index contributed by atoms with van der Waals surface area (Å²) in [6, 6.07) is 4.98. The minimum atomic E-state index is -4.58. The number of sulfone groups is 1. The monoisotopic (exact) mass is 320 g/mol. The van der Waals surface area contributed by atoms with Crippen LogP contribution in [0.1, 0.15) is 13.8 Å². The van der Waals surface area contributed by atoms with E-state index in [9.17, 15) is 22.0 Å². The van der Waals surface area contributed by atoms with Crippen molar-refractivity contribution in [3.8, 4) is 0 Å². The molecule has 1 aromatic rings. The standard InChI is InChI=1S/C13H18F2N2O3S/c1-13(2,11(18)16-3)8-17-9-4-6-10(7-5-9)21(19,20)12(14)15/h4-7,12,17H,8H2,1-3H3,(H,16,18). The number of benzene rings is 1. The van der Waals surface area contributed by atoms with Gasteiger partial charge in [-0.2, -0.15) is 8.78 Å². The Labute approximate surface area is 122 Å². The molecule has 118 valence electrons. The summed E-state index contributed by atoms with van der Waals surface area (Å²) in [5, 5.41) is 5.51. The fourth-order valence-electron chi connectivity index (χ4n) is 1.61. The smallest absolute Gasteiger partial charge is 0.341 e. The Morgan fingerprint density at radius 1 is 1.24 bits per heavy atom. The summed E-state index contributed by atoms with van der Waals surface area (Å²) in [6.45, 7) is 3.80. The molecule has 21 heavy (non-hydrogen) atoms. The molecule has 5 nitrogen and oxygen atoms in total. The van der Waals surface area contributed by atoms with E-state index in [-0.39, 0.29) is 5.91 Å². The molecule has 0 aromatic heterocycles. The number of amides is 1. The van der Waals surface area contributed by atoms with Crippen molar-refractivity contribution in [3.05, 3.63) is 24.3 Å². The number of rotatable bonds is 6. The van der Waals surface area contributed by atoms with Crippen LogP contribution in [0.3, 0.4) is 0 Å². The van der Waals surface area contributed by atoms with Crippen LogP contribution >= 0.6 is 0 Å². The first kappa shape index (κ1) is 17.4. The molecule has 0 aliphatic rings. The third-order valence-corrected chi connectivity index (χ3v) is 4.39. The highest BCUT2D eigenvalue weighted by atomic mass is 32.2. The molecule has 2 N–H and O–H groups in total. The van der Waals surface area contributed by atoms with E-state index in [0.29, 0.717) is 12.2 Å². The summed E-state index contributed by atoms with van der Waals surface area (Å²) in [6.07, 6.45) is 0. The molecule has 0 fully saturated rings. The second kappa shape index (κ2) is 6.38. The number of carbonyl (C=O) groups excluding carboxylic acids is 1. The number of hydrogen-bond acceptors (Lipinski definition) is 4. The van der Waals surface area contributed by atoms with Crippen molar-refractivity contribution in [3.63, 3.8) is 0 Å². The fraction of sp³-hybridized carbons (Fsp3) is 0.462. The van der Waals surface area contributed by atoms with E-state index in [0.717, 1.165) is 12.1 Å². The van der Waals surface area contributed by atoms with Crippen LogP contribution in [-0.4, -0.2) is 33.7 Å². The molecule has 8 heteroatoms. The molecule has 1 aromatic carbocycles. The number of hydrogen-bond donors (Lipinski definition) is 2. The Morgan fingerprint density at radius 3 is 2.19 bits per heavy atom. The van der Waals surface area contributed by atoms with Crippen molar-refractivity contribution in [2.45, 2.75) is 24.5 Å². The van der Waals surface area contributed by atoms with Gasteiger partial charge in [-0.1, -0.05) is 0 Å². The molecule has 0 aliphatic heterocycles. The average molecular weight is 320 g/mol. The highest BCUT2D eigenvalue weighted by molar-refractivity contribution is 7.91. The van der Waals surface area contributed by atoms with Crippen LogP contribution < -0.4 is 10.6 Å². The molecule has 0 saturated heterocycles. The molecule has 0 bridgehead atoms. The maximum absolute atomic E-state index is 12.4. The molecule has 0 radical (unpaired) electrons. The SMILES string of the molecule is CNC(=O)C(C)(C)CNc1ccc(S(=O)(=O)C(F)F)cc1. The quantitative estimate of drug-likeness (QED) is 0.839. The van der Waals surface area contributed by atoms with Crippen LogP contribution in [0.5, 0.6) is 0 Å². The van der Waals surface area contributed by atoms with E-state index < -0.39 is 25.9 Å². The van der Waals surface area contributed by atoms with Crippen LogP contribution in [0.15, 0.2) is 29.2 Å². The lowest BCUT2D eigenvalue weighted by Gasteiger charge is -2.23. The molecular weight excluding hydrogens is 302 g/mol. The maximum atomic E-state index is 12.4. The Bertz CT molecular complexity index is 598. The van der Waals surface area contributed by atoms with Gasteiger partial charge in [-0.3, -0.25) is 4.79 Å². The molecule has 0 saturated carbocycles. The largest absolute Gasteiger partial charge is 0.384 e. The molecule has 0 atom stereocenters. The summed E-state index contributed by atoms with van der Waals surface area (Å²) in [4.78, 5) is 11.2. The van der Waals surface area contributed by atoms with Crippen molar-refractivity contribution in [1.82, 2.24) is 5.32 Å². The van der Waals surface area contributed by atoms with Gasteiger partial charge >= 0.3 is 5.76 Å². The summed E-state index contributed by atoms with van der Waals surface area (Å²) in [5.41, 5.74) is -0.122. The van der Waals surface area contributed by atoms with Gasteiger partial charge in [0.15, 0.2) is 0 Å². The highest BCUT2D eigenvalue weighted by Crippen LogP contribution is 2.21. The second-order valence-corrected chi connectivity index (χ2v) is 7.06. The van der Waals surface area contributed by atoms with Crippen molar-refractivity contribution in [2.75, 3.05) is 18.9 Å². The molecular formula is C13H18F2N2O3S. The summed E-state index contributed by atoms with van der Waals surface area (Å²) >= 11 is 0. The summed E-state index contributed by atoms with van der Waals surface area (Å²) in [7, 11) is -3.04. The van der Waals surface area contributed by atoms with Crippen molar-refractivity contribution >= 4 is 21.4 Å². The average Bonchev–Trinajstić information content (AvgIpc) is 2.44. The second-order valence-electron chi connectivity index (χ2n) is 5.15. The van der Waals surface area contributed by atoms with E-state index >= 15 is 0 Å². The van der Waals surface area contributed by atoms with Gasteiger partial charge in [0.25, 0.3) is 0 Å². The van der Waals surface area contributed by atoms with E-state index in [4.69, 9.17) is 0 Å². The fourth-order valence-corrected chi connectivity index (χ4v) is 2.33. The predicted molar refractivity (Wildman–Crippen MR) is 76.0 cm³/mol. The third kappa shape index (κ3) is 4.13. The van der Waals surface area contributed by atoms with Crippen molar-refractivity contribution < 1.29 is 22.0 Å². The zero-order valence-corrected chi connectivity index (χ0v) is 12.8. The molecule has 1 rings (SSSR count). The summed E-state index contributed by atoms with van der Waals surface area (Å²) < 4.78 is 47.3. The van der Waals surface area contributed by atoms with Gasteiger partial charge in [0.05, 0.1) is 10.3 Å². The first-order chi connectivity index (χ1) is 9.61. The third-order valence-electron chi connectivity index (χ3n) is 2.99. The number of halogens is 2. The lowest BCUT2D eigenvalue weighted by molar-refractivity contribution is -0.128. The molecule has 0 unspecified atom stereocenters. The molecule has 0 aliphatic carbocycles. The number of anilines is 1. The highest BCUT2D eigenvalue weighted by Gasteiger charge is 2.27. The van der Waals surface area contributed by atoms with Gasteiger partial charge in [-0.15, -0.1) is 0 Å². The van der Waals surface area contributed by atoms with Crippen LogP contribution in [-0.2, 0) is 14.6 Å². The summed E-state index contributed by atoms with van der Waals surface area (Å²) in [5.74, 6) is -3.59. The lowest BCUT2D eigenvalue weighted by atomic mass is 9.92. The number of nitrogens with one attached hydrogen (secondary N) is 2. The first-order valence-electron chi connectivity index (χ1n) is 6.19. The van der Waals surface area contributed by atoms with Crippen molar-refractivity contribution in [1.29, 1.82) is 0 Å². The van der Waals surface area contributed by atoms with Crippen molar-refractivity contribution in [2.24, 2.45) is 5.41 Å². The van der Waals surface area contributed by atoms with E-state index in [1.165, 1.54) is 19.2 Å². The topological polar surface area (TPSA) is 75.3 Å². The molecule has 0 heterocycles. The molecule has 1 amide bonds. The van der Waals surface area contributed by atoms with Gasteiger partial charge in [-0.05, 0) is 38.1 Å². The van der Waals surface area contributed by atoms with Gasteiger partial charge in [-0.25, -0.2) is 8.42 Å². The maximum Gasteiger partial charge on any atom is 0.341 e. The number of alkyl halides is 2. The zero-order valence-electron chi connectivity index (χ0n) is 12.0. The predicted octanol–water partition coefficient (Wildman–Crippen LogP) is 1.87. The van der Waals surface area contributed by atoms with Crippen LogP contribution in [0.4, 0.5) is 14.5 Å². The van der Waals surface area contributed by atoms with Crippen LogP contribution in [0, 0.1) is 5.41 Å². The van der Waals surface area contributed by atoms with E-state index in [2.05, 4.69) is 10.6 Å². The van der Waals surface area contributed by atoms with Gasteiger partial charge in [0.1, 0.15) is 0 Å². The minimum Gasteiger partial charge on any atom is -0.384 e. The molecule has 0 spiro atoms. The van der Waals surface area contributed by atoms with Gasteiger partial charge in [0.2, 0.25) is 15.7 Å². The normalized spacial score (nSPS) is 12.3. The Morgan fingerprint density at radius 2 is 1.76 bits per heavy atom. The zero-order chi connectivity index (χ0) is 16.3.